The first-order valence-corrected chi connectivity index (χ1v) is 21.0. The van der Waals surface area contributed by atoms with E-state index in [0.29, 0.717) is 29.3 Å². The zero-order chi connectivity index (χ0) is 40.4. The maximum absolute atomic E-state index is 6.56. The van der Waals surface area contributed by atoms with Gasteiger partial charge in [0.2, 0.25) is 0 Å². The van der Waals surface area contributed by atoms with Gasteiger partial charge in [0.25, 0.3) is 0 Å². The van der Waals surface area contributed by atoms with Crippen molar-refractivity contribution in [3.05, 3.63) is 215 Å². The van der Waals surface area contributed by atoms with Crippen LogP contribution < -0.4 is 4.74 Å². The molecule has 2 aliphatic carbocycles. The zero-order valence-electron chi connectivity index (χ0n) is 33.9. The normalized spacial score (nSPS) is 16.8. The molecule has 7 aromatic carbocycles. The second kappa shape index (κ2) is 14.3. The average Bonchev–Trinajstić information content (AvgIpc) is 3.59. The van der Waals surface area contributed by atoms with Crippen molar-refractivity contribution >= 4 is 5.57 Å². The summed E-state index contributed by atoms with van der Waals surface area (Å²) in [6, 6.07) is 60.4. The molecule has 1 aliphatic heterocycles. The summed E-state index contributed by atoms with van der Waals surface area (Å²) in [6.45, 7) is 6.89. The van der Waals surface area contributed by atoms with E-state index in [1.165, 1.54) is 39.0 Å². The van der Waals surface area contributed by atoms with Crippen LogP contribution in [0.15, 0.2) is 188 Å². The van der Waals surface area contributed by atoms with Crippen molar-refractivity contribution in [1.82, 2.24) is 15.0 Å². The Morgan fingerprint density at radius 3 is 1.57 bits per heavy atom. The van der Waals surface area contributed by atoms with Gasteiger partial charge >= 0.3 is 0 Å². The number of allylic oxidation sites excluding steroid dienone is 4. The van der Waals surface area contributed by atoms with Crippen LogP contribution in [-0.4, -0.2) is 15.0 Å². The number of hydrogen-bond acceptors (Lipinski definition) is 4. The van der Waals surface area contributed by atoms with E-state index in [-0.39, 0.29) is 0 Å². The maximum atomic E-state index is 6.56. The van der Waals surface area contributed by atoms with Crippen molar-refractivity contribution in [2.24, 2.45) is 11.8 Å². The molecule has 0 radical (unpaired) electrons. The van der Waals surface area contributed by atoms with E-state index in [4.69, 9.17) is 19.7 Å². The predicted molar refractivity (Wildman–Crippen MR) is 244 cm³/mol. The van der Waals surface area contributed by atoms with Crippen molar-refractivity contribution in [1.29, 1.82) is 0 Å². The first kappa shape index (κ1) is 36.0. The number of para-hydroxylation sites is 2. The van der Waals surface area contributed by atoms with E-state index < -0.39 is 5.41 Å². The second-order valence-electron chi connectivity index (χ2n) is 16.3. The lowest BCUT2D eigenvalue weighted by Crippen LogP contribution is -2.32. The molecule has 2 heterocycles. The summed E-state index contributed by atoms with van der Waals surface area (Å²) in [6.07, 6.45) is 5.72. The smallest absolute Gasteiger partial charge is 0.164 e. The van der Waals surface area contributed by atoms with E-state index in [1.807, 2.05) is 18.2 Å². The van der Waals surface area contributed by atoms with Crippen LogP contribution in [0, 0.1) is 11.8 Å². The summed E-state index contributed by atoms with van der Waals surface area (Å²) < 4.78 is 6.56. The van der Waals surface area contributed by atoms with Gasteiger partial charge in [0, 0.05) is 27.8 Å². The molecule has 4 nitrogen and oxygen atoms in total. The minimum atomic E-state index is -0.514. The summed E-state index contributed by atoms with van der Waals surface area (Å²) in [5, 5.41) is 0. The number of nitrogens with zero attached hydrogens (tertiary/aromatic N) is 3. The maximum Gasteiger partial charge on any atom is 0.164 e. The van der Waals surface area contributed by atoms with Crippen molar-refractivity contribution < 1.29 is 4.74 Å². The zero-order valence-corrected chi connectivity index (χ0v) is 33.9. The second-order valence-corrected chi connectivity index (χ2v) is 16.3. The van der Waals surface area contributed by atoms with Crippen molar-refractivity contribution in [2.75, 3.05) is 0 Å². The number of aromatic nitrogens is 3. The van der Waals surface area contributed by atoms with Crippen LogP contribution in [0.1, 0.15) is 55.0 Å². The molecule has 0 saturated heterocycles. The van der Waals surface area contributed by atoms with Gasteiger partial charge in [-0.15, -0.1) is 0 Å². The lowest BCUT2D eigenvalue weighted by molar-refractivity contribution is 0.436. The lowest BCUT2D eigenvalue weighted by atomic mass is 9.66. The number of hydrogen-bond donors (Lipinski definition) is 0. The molecule has 2 atom stereocenters. The van der Waals surface area contributed by atoms with E-state index in [1.54, 1.807) is 0 Å². The number of rotatable bonds is 6. The third-order valence-corrected chi connectivity index (χ3v) is 13.1. The van der Waals surface area contributed by atoms with Crippen LogP contribution in [0.25, 0.3) is 62.0 Å². The largest absolute Gasteiger partial charge is 0.457 e. The Bertz CT molecular complexity index is 2970. The quantitative estimate of drug-likeness (QED) is 0.169. The fourth-order valence-electron chi connectivity index (χ4n) is 10.2. The molecule has 3 aliphatic rings. The minimum Gasteiger partial charge on any atom is -0.457 e. The van der Waals surface area contributed by atoms with Gasteiger partial charge in [-0.05, 0) is 87.9 Å². The van der Waals surface area contributed by atoms with Crippen LogP contribution in [0.5, 0.6) is 11.5 Å². The Labute approximate surface area is 351 Å². The van der Waals surface area contributed by atoms with Gasteiger partial charge in [0.1, 0.15) is 11.5 Å². The van der Waals surface area contributed by atoms with Crippen molar-refractivity contribution in [3.8, 4) is 67.9 Å². The van der Waals surface area contributed by atoms with Gasteiger partial charge in [-0.25, -0.2) is 15.0 Å². The molecule has 0 amide bonds. The molecule has 1 aromatic heterocycles. The molecular formula is C56H43N3O. The Balaban J connectivity index is 0.984. The lowest BCUT2D eigenvalue weighted by Gasteiger charge is -2.39. The molecular weight excluding hydrogens is 731 g/mol. The van der Waals surface area contributed by atoms with E-state index in [2.05, 4.69) is 185 Å². The standard InChI is InChI=1S/C56H43N3O/c1-4-43-35(2)22-32-44(36(43)3)38-25-29-41(30-26-38)55-58-53(39-14-6-5-7-15-39)57-54(59-55)40-27-23-37(24-28-40)42-31-33-46-45-16-8-9-17-47(45)56(50(46)34-42)48-18-10-12-20-51(48)60-52-21-13-11-19-49(52)56/h5-34,36,43H,4H2,1-3H3. The molecule has 1 spiro atoms. The van der Waals surface area contributed by atoms with Crippen molar-refractivity contribution in [2.45, 2.75) is 32.6 Å². The highest BCUT2D eigenvalue weighted by molar-refractivity contribution is 5.90. The number of ether oxygens (including phenoxy) is 1. The Kier molecular flexibility index (Phi) is 8.56. The minimum absolute atomic E-state index is 0.465. The average molecular weight is 774 g/mol. The molecule has 4 heteroatoms. The Morgan fingerprint density at radius 1 is 0.467 bits per heavy atom. The molecule has 0 saturated carbocycles. The summed E-state index contributed by atoms with van der Waals surface area (Å²) >= 11 is 0. The van der Waals surface area contributed by atoms with E-state index in [9.17, 15) is 0 Å². The third kappa shape index (κ3) is 5.62. The van der Waals surface area contributed by atoms with E-state index >= 15 is 0 Å². The fourth-order valence-corrected chi connectivity index (χ4v) is 10.2. The van der Waals surface area contributed by atoms with Gasteiger partial charge in [-0.3, -0.25) is 0 Å². The van der Waals surface area contributed by atoms with Gasteiger partial charge < -0.3 is 4.74 Å². The first-order chi connectivity index (χ1) is 29.5. The highest BCUT2D eigenvalue weighted by Gasteiger charge is 2.51. The van der Waals surface area contributed by atoms with Crippen molar-refractivity contribution in [3.63, 3.8) is 0 Å². The summed E-state index contributed by atoms with van der Waals surface area (Å²) in [4.78, 5) is 15.2. The molecule has 60 heavy (non-hydrogen) atoms. The van der Waals surface area contributed by atoms with Crippen LogP contribution in [0.3, 0.4) is 0 Å². The van der Waals surface area contributed by atoms with E-state index in [0.717, 1.165) is 56.9 Å². The third-order valence-electron chi connectivity index (χ3n) is 13.1. The Morgan fingerprint density at radius 2 is 0.950 bits per heavy atom. The number of benzene rings is 7. The summed E-state index contributed by atoms with van der Waals surface area (Å²) in [5.41, 5.74) is 16.1. The van der Waals surface area contributed by atoms with Gasteiger partial charge in [-0.1, -0.05) is 183 Å². The SMILES string of the molecule is CCC1C(C)=CC=C(c2ccc(-c3nc(-c4ccccc4)nc(-c4ccc(-c5ccc6c(c5)C5(c7ccccc7Oc7ccccc75)c5ccccc5-6)cc4)n3)cc2)C1C. The fraction of sp³-hybridized carbons (Fsp3) is 0.125. The first-order valence-electron chi connectivity index (χ1n) is 21.0. The topological polar surface area (TPSA) is 47.9 Å². The van der Waals surface area contributed by atoms with Gasteiger partial charge in [0.15, 0.2) is 17.5 Å². The monoisotopic (exact) mass is 773 g/mol. The van der Waals surface area contributed by atoms with Gasteiger partial charge in [0.05, 0.1) is 5.41 Å². The van der Waals surface area contributed by atoms with Crippen LogP contribution in [-0.2, 0) is 5.41 Å². The highest BCUT2D eigenvalue weighted by Crippen LogP contribution is 2.62. The Hall–Kier alpha value is -7.17. The van der Waals surface area contributed by atoms with Gasteiger partial charge in [-0.2, -0.15) is 0 Å². The summed E-state index contributed by atoms with van der Waals surface area (Å²) in [5.74, 6) is 4.76. The van der Waals surface area contributed by atoms with Crippen LogP contribution >= 0.6 is 0 Å². The number of fused-ring (bicyclic) bond motifs is 9. The van der Waals surface area contributed by atoms with Crippen LogP contribution in [0.2, 0.25) is 0 Å². The molecule has 0 bridgehead atoms. The predicted octanol–water partition coefficient (Wildman–Crippen LogP) is 14.0. The molecule has 11 rings (SSSR count). The molecule has 288 valence electrons. The molecule has 8 aromatic rings. The molecule has 0 N–H and O–H groups in total. The molecule has 2 unspecified atom stereocenters. The summed E-state index contributed by atoms with van der Waals surface area (Å²) in [7, 11) is 0. The van der Waals surface area contributed by atoms with Crippen LogP contribution in [0.4, 0.5) is 0 Å². The molecule has 0 fully saturated rings. The highest BCUT2D eigenvalue weighted by atomic mass is 16.5.